The van der Waals surface area contributed by atoms with Crippen molar-refractivity contribution in [3.8, 4) is 0 Å². The van der Waals surface area contributed by atoms with Gasteiger partial charge in [-0.05, 0) is 32.9 Å². The van der Waals surface area contributed by atoms with E-state index >= 15 is 0 Å². The molecule has 0 radical (unpaired) electrons. The maximum atomic E-state index is 3.60. The fraction of sp³-hybridized carbons (Fsp3) is 1.00. The molecule has 0 aromatic heterocycles. The van der Waals surface area contributed by atoms with Crippen LogP contribution in [-0.4, -0.2) is 47.6 Å². The summed E-state index contributed by atoms with van der Waals surface area (Å²) in [4.78, 5) is 2.68. The van der Waals surface area contributed by atoms with Crippen LogP contribution in [0.1, 0.15) is 39.5 Å². The van der Waals surface area contributed by atoms with E-state index in [0.717, 1.165) is 6.54 Å². The highest BCUT2D eigenvalue weighted by molar-refractivity contribution is 8.00. The molecule has 0 unspecified atom stereocenters. The maximum absolute atomic E-state index is 3.60. The van der Waals surface area contributed by atoms with E-state index in [9.17, 15) is 0 Å². The number of nitrogens with zero attached hydrogens (tertiary/aromatic N) is 1. The van der Waals surface area contributed by atoms with Gasteiger partial charge in [-0.3, -0.25) is 4.90 Å². The lowest BCUT2D eigenvalue weighted by molar-refractivity contribution is 0.142. The summed E-state index contributed by atoms with van der Waals surface area (Å²) in [6.45, 7) is 9.52. The van der Waals surface area contributed by atoms with Gasteiger partial charge < -0.3 is 5.32 Å². The molecular weight excluding hydrogens is 216 g/mol. The fourth-order valence-corrected chi connectivity index (χ4v) is 4.24. The molecule has 1 N–H and O–H groups in total. The largest absolute Gasteiger partial charge is 0.309 e. The molecule has 0 spiro atoms. The Balaban J connectivity index is 1.93. The molecule has 0 bridgehead atoms. The third kappa shape index (κ3) is 2.93. The third-order valence-electron chi connectivity index (χ3n) is 4.11. The summed E-state index contributed by atoms with van der Waals surface area (Å²) in [6.07, 6.45) is 8.04. The number of thioether (sulfide) groups is 1. The zero-order valence-electron chi connectivity index (χ0n) is 11.0. The van der Waals surface area contributed by atoms with Gasteiger partial charge in [0.15, 0.2) is 0 Å². The highest BCUT2D eigenvalue weighted by Gasteiger charge is 2.36. The van der Waals surface area contributed by atoms with Crippen LogP contribution in [0, 0.1) is 0 Å². The molecule has 0 amide bonds. The lowest BCUT2D eigenvalue weighted by Gasteiger charge is -2.43. The molecule has 0 atom stereocenters. The lowest BCUT2D eigenvalue weighted by Crippen LogP contribution is -2.59. The first kappa shape index (κ1) is 12.7. The predicted octanol–water partition coefficient (Wildman–Crippen LogP) is 2.35. The molecule has 2 aliphatic rings. The molecule has 2 rings (SSSR count). The predicted molar refractivity (Wildman–Crippen MR) is 73.2 cm³/mol. The fourth-order valence-electron chi connectivity index (χ4n) is 3.23. The van der Waals surface area contributed by atoms with E-state index in [1.54, 1.807) is 0 Å². The van der Waals surface area contributed by atoms with Gasteiger partial charge in [-0.25, -0.2) is 0 Å². The molecule has 3 heteroatoms. The minimum Gasteiger partial charge on any atom is -0.309 e. The second kappa shape index (κ2) is 4.87. The van der Waals surface area contributed by atoms with Crippen LogP contribution in [0.4, 0.5) is 0 Å². The first-order valence-corrected chi connectivity index (χ1v) is 7.80. The van der Waals surface area contributed by atoms with Crippen LogP contribution in [0.15, 0.2) is 0 Å². The maximum Gasteiger partial charge on any atom is 0.0284 e. The third-order valence-corrected chi connectivity index (χ3v) is 5.51. The van der Waals surface area contributed by atoms with Gasteiger partial charge in [0.25, 0.3) is 0 Å². The Morgan fingerprint density at radius 1 is 1.25 bits per heavy atom. The molecule has 1 saturated heterocycles. The minimum atomic E-state index is 0.302. The van der Waals surface area contributed by atoms with Gasteiger partial charge in [0.1, 0.15) is 0 Å². The molecule has 2 fully saturated rings. The minimum absolute atomic E-state index is 0.302. The van der Waals surface area contributed by atoms with Gasteiger partial charge in [-0.15, -0.1) is 0 Å². The summed E-state index contributed by atoms with van der Waals surface area (Å²) in [6, 6.07) is 0. The number of rotatable bonds is 3. The van der Waals surface area contributed by atoms with Crippen LogP contribution >= 0.6 is 11.8 Å². The summed E-state index contributed by atoms with van der Waals surface area (Å²) >= 11 is 2.11. The van der Waals surface area contributed by atoms with Crippen molar-refractivity contribution in [2.45, 2.75) is 49.8 Å². The Kier molecular flexibility index (Phi) is 3.87. The van der Waals surface area contributed by atoms with E-state index in [0.29, 0.717) is 10.3 Å². The van der Waals surface area contributed by atoms with Crippen molar-refractivity contribution in [3.05, 3.63) is 0 Å². The first-order chi connectivity index (χ1) is 7.55. The highest BCUT2D eigenvalue weighted by Crippen LogP contribution is 2.41. The van der Waals surface area contributed by atoms with E-state index in [1.807, 2.05) is 0 Å². The molecule has 16 heavy (non-hydrogen) atoms. The molecule has 1 heterocycles. The second-order valence-corrected chi connectivity index (χ2v) is 7.39. The van der Waals surface area contributed by atoms with Crippen LogP contribution in [0.3, 0.4) is 0 Å². The van der Waals surface area contributed by atoms with Crippen LogP contribution in [-0.2, 0) is 0 Å². The van der Waals surface area contributed by atoms with Crippen molar-refractivity contribution in [2.75, 3.05) is 32.4 Å². The molecule has 2 nitrogen and oxygen atoms in total. The van der Waals surface area contributed by atoms with Gasteiger partial charge in [0.05, 0.1) is 0 Å². The standard InChI is InChI=1S/C13H26N2S/c1-12(2)10-15(9-8-14-12)11-13(16-3)6-4-5-7-13/h14H,4-11H2,1-3H3. The zero-order valence-corrected chi connectivity index (χ0v) is 11.8. The quantitative estimate of drug-likeness (QED) is 0.818. The molecule has 1 aliphatic carbocycles. The Morgan fingerprint density at radius 2 is 1.94 bits per heavy atom. The average Bonchev–Trinajstić information content (AvgIpc) is 2.65. The molecule has 0 aromatic carbocycles. The smallest absolute Gasteiger partial charge is 0.0284 e. The van der Waals surface area contributed by atoms with Gasteiger partial charge >= 0.3 is 0 Å². The Bertz CT molecular complexity index is 234. The van der Waals surface area contributed by atoms with E-state index < -0.39 is 0 Å². The summed E-state index contributed by atoms with van der Waals surface area (Å²) < 4.78 is 0.577. The highest BCUT2D eigenvalue weighted by atomic mass is 32.2. The number of nitrogens with one attached hydrogen (secondary N) is 1. The van der Waals surface area contributed by atoms with E-state index in [4.69, 9.17) is 0 Å². The van der Waals surface area contributed by atoms with Crippen molar-refractivity contribution < 1.29 is 0 Å². The van der Waals surface area contributed by atoms with Gasteiger partial charge in [0.2, 0.25) is 0 Å². The van der Waals surface area contributed by atoms with Crippen LogP contribution < -0.4 is 5.32 Å². The van der Waals surface area contributed by atoms with Gasteiger partial charge in [-0.1, -0.05) is 12.8 Å². The normalized spacial score (nSPS) is 29.4. The molecule has 1 saturated carbocycles. The summed E-state index contributed by atoms with van der Waals surface area (Å²) in [5, 5.41) is 3.60. The zero-order chi connectivity index (χ0) is 11.6. The van der Waals surface area contributed by atoms with Crippen LogP contribution in [0.5, 0.6) is 0 Å². The molecular formula is C13H26N2S. The Hall–Kier alpha value is 0.270. The van der Waals surface area contributed by atoms with Crippen molar-refractivity contribution in [3.63, 3.8) is 0 Å². The van der Waals surface area contributed by atoms with Crippen LogP contribution in [0.2, 0.25) is 0 Å². The van der Waals surface area contributed by atoms with E-state index in [1.165, 1.54) is 45.3 Å². The van der Waals surface area contributed by atoms with Crippen LogP contribution in [0.25, 0.3) is 0 Å². The SMILES string of the molecule is CSC1(CN2CCNC(C)(C)C2)CCCC1. The Labute approximate surface area is 105 Å². The van der Waals surface area contributed by atoms with Gasteiger partial charge in [-0.2, -0.15) is 11.8 Å². The van der Waals surface area contributed by atoms with E-state index in [-0.39, 0.29) is 0 Å². The lowest BCUT2D eigenvalue weighted by atomic mass is 9.99. The monoisotopic (exact) mass is 242 g/mol. The van der Waals surface area contributed by atoms with Crippen molar-refractivity contribution in [2.24, 2.45) is 0 Å². The van der Waals surface area contributed by atoms with Crippen molar-refractivity contribution in [1.29, 1.82) is 0 Å². The number of piperazine rings is 1. The second-order valence-electron chi connectivity index (χ2n) is 6.12. The average molecular weight is 242 g/mol. The first-order valence-electron chi connectivity index (χ1n) is 6.58. The van der Waals surface area contributed by atoms with Crippen molar-refractivity contribution >= 4 is 11.8 Å². The number of hydrogen-bond donors (Lipinski definition) is 1. The molecule has 1 aliphatic heterocycles. The summed E-state index contributed by atoms with van der Waals surface area (Å²) in [7, 11) is 0. The topological polar surface area (TPSA) is 15.3 Å². The molecule has 94 valence electrons. The van der Waals surface area contributed by atoms with Gasteiger partial charge in [0, 0.05) is 36.5 Å². The van der Waals surface area contributed by atoms with Crippen molar-refractivity contribution in [1.82, 2.24) is 10.2 Å². The Morgan fingerprint density at radius 3 is 2.50 bits per heavy atom. The number of hydrogen-bond acceptors (Lipinski definition) is 3. The summed E-state index contributed by atoms with van der Waals surface area (Å²) in [5.74, 6) is 0. The van der Waals surface area contributed by atoms with E-state index in [2.05, 4.69) is 42.1 Å². The molecule has 0 aromatic rings. The summed E-state index contributed by atoms with van der Waals surface area (Å²) in [5.41, 5.74) is 0.302.